The molecule has 0 amide bonds. The quantitative estimate of drug-likeness (QED) is 0.355. The Morgan fingerprint density at radius 3 is 2.54 bits per heavy atom. The molecule has 9 heteroatoms. The van der Waals surface area contributed by atoms with E-state index in [-0.39, 0.29) is 29.5 Å². The number of carbonyl (C=O) groups is 2. The van der Waals surface area contributed by atoms with Crippen molar-refractivity contribution in [2.75, 3.05) is 18.1 Å². The first-order valence-electron chi connectivity index (χ1n) is 11.6. The number of hydrogen-bond donors (Lipinski definition) is 1. The summed E-state index contributed by atoms with van der Waals surface area (Å²) in [6.45, 7) is 4.22. The van der Waals surface area contributed by atoms with Crippen molar-refractivity contribution < 1.29 is 24.0 Å². The first-order valence-corrected chi connectivity index (χ1v) is 11.6. The van der Waals surface area contributed by atoms with Crippen molar-refractivity contribution in [2.24, 2.45) is 5.73 Å². The summed E-state index contributed by atoms with van der Waals surface area (Å²) < 4.78 is 10.9. The van der Waals surface area contributed by atoms with Crippen LogP contribution in [0.5, 0.6) is 5.75 Å². The number of benzene rings is 2. The van der Waals surface area contributed by atoms with Gasteiger partial charge in [-0.1, -0.05) is 18.2 Å². The van der Waals surface area contributed by atoms with Crippen LogP contribution in [0.15, 0.2) is 71.2 Å². The second kappa shape index (κ2) is 10.0. The molecule has 1 atom stereocenters. The van der Waals surface area contributed by atoms with E-state index in [0.29, 0.717) is 54.1 Å². The molecule has 0 bridgehead atoms. The molecule has 1 aliphatic heterocycles. The first-order chi connectivity index (χ1) is 16.9. The van der Waals surface area contributed by atoms with Gasteiger partial charge in [0.1, 0.15) is 11.6 Å². The molecule has 2 aromatic rings. The van der Waals surface area contributed by atoms with E-state index >= 15 is 0 Å². The van der Waals surface area contributed by atoms with Crippen LogP contribution in [0.1, 0.15) is 44.6 Å². The van der Waals surface area contributed by atoms with E-state index in [1.54, 1.807) is 36.1 Å². The van der Waals surface area contributed by atoms with Crippen molar-refractivity contribution in [1.82, 2.24) is 0 Å². The van der Waals surface area contributed by atoms with Crippen LogP contribution in [0, 0.1) is 10.1 Å². The Morgan fingerprint density at radius 2 is 1.89 bits per heavy atom. The Balaban J connectivity index is 1.95. The molecule has 0 saturated heterocycles. The molecule has 35 heavy (non-hydrogen) atoms. The smallest absolute Gasteiger partial charge is 0.338 e. The van der Waals surface area contributed by atoms with Crippen molar-refractivity contribution in [3.8, 4) is 5.75 Å². The topological polar surface area (TPSA) is 125 Å². The highest BCUT2D eigenvalue weighted by atomic mass is 16.6. The van der Waals surface area contributed by atoms with Gasteiger partial charge in [0.05, 0.1) is 35.3 Å². The van der Waals surface area contributed by atoms with Gasteiger partial charge in [0, 0.05) is 29.8 Å². The molecule has 0 aromatic heterocycles. The number of hydrogen-bond acceptors (Lipinski definition) is 8. The van der Waals surface area contributed by atoms with Gasteiger partial charge >= 0.3 is 5.97 Å². The standard InChI is InChI=1S/C26H27N3O6/c1-3-34-19-13-11-16(12-14-19)22-23-20(9-6-10-21(23)30)28(25(27)24(22)26(31)35-4-2)17-7-5-8-18(15-17)29(32)33/h5,7-8,11-15,22H,3-4,6,9-10,27H2,1-2H3/t22-/m0/s1. The zero-order valence-corrected chi connectivity index (χ0v) is 19.7. The van der Waals surface area contributed by atoms with E-state index in [2.05, 4.69) is 0 Å². The Hall–Kier alpha value is -4.14. The first kappa shape index (κ1) is 24.0. The van der Waals surface area contributed by atoms with Crippen molar-refractivity contribution in [3.63, 3.8) is 0 Å². The summed E-state index contributed by atoms with van der Waals surface area (Å²) in [5.41, 5.74) is 8.88. The van der Waals surface area contributed by atoms with Gasteiger partial charge in [-0.2, -0.15) is 0 Å². The van der Waals surface area contributed by atoms with Gasteiger partial charge in [0.15, 0.2) is 5.78 Å². The van der Waals surface area contributed by atoms with Gasteiger partial charge in [0.25, 0.3) is 5.69 Å². The number of anilines is 1. The number of non-ortho nitro benzene ring substituents is 1. The summed E-state index contributed by atoms with van der Waals surface area (Å²) in [5, 5.41) is 11.4. The molecule has 2 aromatic carbocycles. The van der Waals surface area contributed by atoms with Crippen molar-refractivity contribution in [1.29, 1.82) is 0 Å². The molecule has 0 radical (unpaired) electrons. The Bertz CT molecular complexity index is 1230. The normalized spacial score (nSPS) is 17.8. The molecule has 9 nitrogen and oxygen atoms in total. The molecule has 2 aliphatic rings. The minimum Gasteiger partial charge on any atom is -0.494 e. The summed E-state index contributed by atoms with van der Waals surface area (Å²) in [5.74, 6) is -0.679. The van der Waals surface area contributed by atoms with Crippen LogP contribution in [0.4, 0.5) is 11.4 Å². The zero-order chi connectivity index (χ0) is 25.1. The molecule has 0 fully saturated rings. The number of nitrogens with two attached hydrogens (primary N) is 1. The molecule has 1 aliphatic carbocycles. The Labute approximate surface area is 203 Å². The fraction of sp³-hybridized carbons (Fsp3) is 0.308. The van der Waals surface area contributed by atoms with E-state index in [1.807, 2.05) is 19.1 Å². The third-order valence-corrected chi connectivity index (χ3v) is 6.11. The minimum absolute atomic E-state index is 0.0881. The number of allylic oxidation sites excluding steroid dienone is 2. The van der Waals surface area contributed by atoms with Crippen LogP contribution in [0.25, 0.3) is 0 Å². The fourth-order valence-electron chi connectivity index (χ4n) is 4.69. The lowest BCUT2D eigenvalue weighted by molar-refractivity contribution is -0.384. The lowest BCUT2D eigenvalue weighted by atomic mass is 9.75. The van der Waals surface area contributed by atoms with E-state index in [0.717, 1.165) is 0 Å². The molecule has 4 rings (SSSR count). The molecule has 0 spiro atoms. The van der Waals surface area contributed by atoms with Crippen LogP contribution >= 0.6 is 0 Å². The van der Waals surface area contributed by atoms with Crippen LogP contribution in [-0.2, 0) is 14.3 Å². The number of nitrogens with zero attached hydrogens (tertiary/aromatic N) is 2. The maximum atomic E-state index is 13.3. The van der Waals surface area contributed by atoms with Crippen LogP contribution in [0.2, 0.25) is 0 Å². The third-order valence-electron chi connectivity index (χ3n) is 6.11. The minimum atomic E-state index is -0.720. The Morgan fingerprint density at radius 1 is 1.14 bits per heavy atom. The van der Waals surface area contributed by atoms with Gasteiger partial charge in [-0.05, 0) is 50.5 Å². The number of nitro groups is 1. The average molecular weight is 478 g/mol. The van der Waals surface area contributed by atoms with Crippen LogP contribution in [0.3, 0.4) is 0 Å². The number of esters is 1. The van der Waals surface area contributed by atoms with Crippen LogP contribution in [-0.4, -0.2) is 29.9 Å². The van der Waals surface area contributed by atoms with Gasteiger partial charge in [-0.25, -0.2) is 4.79 Å². The third kappa shape index (κ3) is 4.49. The predicted molar refractivity (Wildman–Crippen MR) is 130 cm³/mol. The monoisotopic (exact) mass is 477 g/mol. The average Bonchev–Trinajstić information content (AvgIpc) is 2.84. The van der Waals surface area contributed by atoms with Crippen molar-refractivity contribution >= 4 is 23.1 Å². The molecule has 0 unspecified atom stereocenters. The van der Waals surface area contributed by atoms with E-state index in [1.165, 1.54) is 12.1 Å². The lowest BCUT2D eigenvalue weighted by Gasteiger charge is -2.40. The lowest BCUT2D eigenvalue weighted by Crippen LogP contribution is -2.41. The van der Waals surface area contributed by atoms with Gasteiger partial charge < -0.3 is 15.2 Å². The summed E-state index contributed by atoms with van der Waals surface area (Å²) in [6.07, 6.45) is 1.49. The van der Waals surface area contributed by atoms with Crippen LogP contribution < -0.4 is 15.4 Å². The second-order valence-electron chi connectivity index (χ2n) is 8.20. The maximum Gasteiger partial charge on any atom is 0.338 e. The molecular formula is C26H27N3O6. The summed E-state index contributed by atoms with van der Waals surface area (Å²) >= 11 is 0. The summed E-state index contributed by atoms with van der Waals surface area (Å²) in [4.78, 5) is 39.1. The van der Waals surface area contributed by atoms with E-state index < -0.39 is 16.8 Å². The predicted octanol–water partition coefficient (Wildman–Crippen LogP) is 4.34. The highest BCUT2D eigenvalue weighted by Gasteiger charge is 2.43. The zero-order valence-electron chi connectivity index (χ0n) is 19.7. The number of nitro benzene ring substituents is 1. The molecule has 2 N–H and O–H groups in total. The SMILES string of the molecule is CCOC(=O)C1=C(N)N(c2cccc([N+](=O)[O-])c2)C2=C(C(=O)CCC2)[C@@H]1c1ccc(OCC)cc1. The molecule has 182 valence electrons. The van der Waals surface area contributed by atoms with E-state index in [4.69, 9.17) is 15.2 Å². The van der Waals surface area contributed by atoms with Gasteiger partial charge in [-0.15, -0.1) is 0 Å². The maximum absolute atomic E-state index is 13.3. The Kier molecular flexibility index (Phi) is 6.86. The number of Topliss-reactive ketones (excluding diaryl/α,β-unsaturated/α-hetero) is 1. The summed E-state index contributed by atoms with van der Waals surface area (Å²) in [6, 6.07) is 13.2. The molecule has 1 heterocycles. The number of rotatable bonds is 7. The van der Waals surface area contributed by atoms with E-state index in [9.17, 15) is 19.7 Å². The number of ether oxygens (including phenoxy) is 2. The van der Waals surface area contributed by atoms with Crippen molar-refractivity contribution in [3.05, 3.63) is 86.9 Å². The number of carbonyl (C=O) groups excluding carboxylic acids is 2. The molecular weight excluding hydrogens is 450 g/mol. The highest BCUT2D eigenvalue weighted by Crippen LogP contribution is 2.47. The summed E-state index contributed by atoms with van der Waals surface area (Å²) in [7, 11) is 0. The fourth-order valence-corrected chi connectivity index (χ4v) is 4.69. The second-order valence-corrected chi connectivity index (χ2v) is 8.20. The highest BCUT2D eigenvalue weighted by molar-refractivity contribution is 6.05. The van der Waals surface area contributed by atoms with Gasteiger partial charge in [-0.3, -0.25) is 19.8 Å². The number of ketones is 1. The largest absolute Gasteiger partial charge is 0.494 e. The van der Waals surface area contributed by atoms with Crippen molar-refractivity contribution in [2.45, 2.75) is 39.0 Å². The van der Waals surface area contributed by atoms with Gasteiger partial charge in [0.2, 0.25) is 0 Å². The molecule has 0 saturated carbocycles.